The molecule has 3 heteroatoms. The quantitative estimate of drug-likeness (QED) is 0.778. The molecule has 1 aliphatic rings. The summed E-state index contributed by atoms with van der Waals surface area (Å²) < 4.78 is 5.36. The van der Waals surface area contributed by atoms with Crippen LogP contribution in [0.1, 0.15) is 44.4 Å². The molecule has 1 aliphatic carbocycles. The van der Waals surface area contributed by atoms with E-state index in [9.17, 15) is 0 Å². The standard InChI is InChI=1S/C13H21NO2/c1-11(12-4-2-9-16-12)14-10-13(7-8-15)5-3-6-13/h2,4,9,11,14-15H,3,5-8,10H2,1H3. The molecule has 1 aromatic rings. The van der Waals surface area contributed by atoms with E-state index in [1.807, 2.05) is 12.1 Å². The van der Waals surface area contributed by atoms with Crippen molar-refractivity contribution < 1.29 is 9.52 Å². The maximum absolute atomic E-state index is 9.07. The molecule has 0 aromatic carbocycles. The van der Waals surface area contributed by atoms with E-state index >= 15 is 0 Å². The lowest BCUT2D eigenvalue weighted by Crippen LogP contribution is -2.41. The summed E-state index contributed by atoms with van der Waals surface area (Å²) in [5, 5.41) is 12.6. The average Bonchev–Trinajstić information content (AvgIpc) is 2.74. The molecule has 0 amide bonds. The van der Waals surface area contributed by atoms with Crippen LogP contribution in [0.15, 0.2) is 22.8 Å². The molecule has 90 valence electrons. The van der Waals surface area contributed by atoms with Crippen LogP contribution in [0.3, 0.4) is 0 Å². The predicted molar refractivity (Wildman–Crippen MR) is 63.1 cm³/mol. The molecule has 0 saturated heterocycles. The number of nitrogens with one attached hydrogen (secondary N) is 1. The molecule has 0 aliphatic heterocycles. The zero-order chi connectivity index (χ0) is 11.4. The Balaban J connectivity index is 1.82. The molecule has 0 bridgehead atoms. The van der Waals surface area contributed by atoms with Gasteiger partial charge in [0.15, 0.2) is 0 Å². The first-order valence-electron chi connectivity index (χ1n) is 6.13. The third kappa shape index (κ3) is 2.47. The van der Waals surface area contributed by atoms with Gasteiger partial charge in [0.05, 0.1) is 12.3 Å². The number of hydrogen-bond donors (Lipinski definition) is 2. The van der Waals surface area contributed by atoms with Crippen molar-refractivity contribution in [3.8, 4) is 0 Å². The van der Waals surface area contributed by atoms with Gasteiger partial charge in [-0.15, -0.1) is 0 Å². The summed E-state index contributed by atoms with van der Waals surface area (Å²) in [6.07, 6.45) is 6.42. The van der Waals surface area contributed by atoms with Crippen LogP contribution in [-0.4, -0.2) is 18.3 Å². The topological polar surface area (TPSA) is 45.4 Å². The summed E-state index contributed by atoms with van der Waals surface area (Å²) in [5.74, 6) is 0.985. The SMILES string of the molecule is CC(NCC1(CCO)CCC1)c1ccco1. The molecule has 1 atom stereocenters. The van der Waals surface area contributed by atoms with E-state index in [0.717, 1.165) is 18.7 Å². The molecule has 0 spiro atoms. The molecule has 1 aromatic heterocycles. The number of aliphatic hydroxyl groups excluding tert-OH is 1. The molecule has 3 nitrogen and oxygen atoms in total. The van der Waals surface area contributed by atoms with E-state index in [2.05, 4.69) is 12.2 Å². The van der Waals surface area contributed by atoms with E-state index < -0.39 is 0 Å². The smallest absolute Gasteiger partial charge is 0.120 e. The van der Waals surface area contributed by atoms with Gasteiger partial charge in [0.1, 0.15) is 5.76 Å². The van der Waals surface area contributed by atoms with Gasteiger partial charge in [0.25, 0.3) is 0 Å². The lowest BCUT2D eigenvalue weighted by Gasteiger charge is -2.42. The lowest BCUT2D eigenvalue weighted by atomic mass is 9.66. The highest BCUT2D eigenvalue weighted by molar-refractivity contribution is 5.03. The molecular weight excluding hydrogens is 202 g/mol. The molecule has 1 heterocycles. The minimum Gasteiger partial charge on any atom is -0.468 e. The molecular formula is C13H21NO2. The van der Waals surface area contributed by atoms with E-state index in [1.165, 1.54) is 19.3 Å². The average molecular weight is 223 g/mol. The van der Waals surface area contributed by atoms with Crippen LogP contribution in [0.4, 0.5) is 0 Å². The number of furan rings is 1. The van der Waals surface area contributed by atoms with Crippen LogP contribution in [0.25, 0.3) is 0 Å². The van der Waals surface area contributed by atoms with Gasteiger partial charge in [-0.25, -0.2) is 0 Å². The summed E-state index contributed by atoms with van der Waals surface area (Å²) in [6, 6.07) is 4.17. The van der Waals surface area contributed by atoms with Crippen LogP contribution in [0, 0.1) is 5.41 Å². The van der Waals surface area contributed by atoms with Gasteiger partial charge < -0.3 is 14.8 Å². The highest BCUT2D eigenvalue weighted by Crippen LogP contribution is 2.43. The Labute approximate surface area is 96.8 Å². The third-order valence-electron chi connectivity index (χ3n) is 3.81. The molecule has 16 heavy (non-hydrogen) atoms. The van der Waals surface area contributed by atoms with E-state index in [0.29, 0.717) is 12.0 Å². The van der Waals surface area contributed by atoms with Gasteiger partial charge in [0.2, 0.25) is 0 Å². The maximum atomic E-state index is 9.07. The van der Waals surface area contributed by atoms with E-state index in [4.69, 9.17) is 9.52 Å². The molecule has 0 radical (unpaired) electrons. The zero-order valence-electron chi connectivity index (χ0n) is 9.91. The molecule has 1 saturated carbocycles. The number of hydrogen-bond acceptors (Lipinski definition) is 3. The number of aliphatic hydroxyl groups is 1. The second-order valence-corrected chi connectivity index (χ2v) is 4.95. The molecule has 2 N–H and O–H groups in total. The zero-order valence-corrected chi connectivity index (χ0v) is 9.91. The monoisotopic (exact) mass is 223 g/mol. The molecule has 1 unspecified atom stereocenters. The largest absolute Gasteiger partial charge is 0.468 e. The van der Waals surface area contributed by atoms with Crippen molar-refractivity contribution in [3.05, 3.63) is 24.2 Å². The summed E-state index contributed by atoms with van der Waals surface area (Å²) in [7, 11) is 0. The van der Waals surface area contributed by atoms with Crippen molar-refractivity contribution in [1.29, 1.82) is 0 Å². The predicted octanol–water partition coefficient (Wildman–Crippen LogP) is 2.48. The van der Waals surface area contributed by atoms with Gasteiger partial charge >= 0.3 is 0 Å². The van der Waals surface area contributed by atoms with Gasteiger partial charge in [-0.05, 0) is 43.7 Å². The van der Waals surface area contributed by atoms with Crippen molar-refractivity contribution in [2.75, 3.05) is 13.2 Å². The first kappa shape index (κ1) is 11.7. The van der Waals surface area contributed by atoms with Crippen molar-refractivity contribution in [2.24, 2.45) is 5.41 Å². The van der Waals surface area contributed by atoms with Gasteiger partial charge in [-0.2, -0.15) is 0 Å². The Bertz CT molecular complexity index is 304. The van der Waals surface area contributed by atoms with Crippen LogP contribution >= 0.6 is 0 Å². The van der Waals surface area contributed by atoms with E-state index in [1.54, 1.807) is 6.26 Å². The Morgan fingerprint density at radius 3 is 2.88 bits per heavy atom. The minimum atomic E-state index is 0.256. The minimum absolute atomic E-state index is 0.256. The van der Waals surface area contributed by atoms with Gasteiger partial charge in [0, 0.05) is 13.2 Å². The lowest BCUT2D eigenvalue weighted by molar-refractivity contribution is 0.0824. The van der Waals surface area contributed by atoms with Crippen LogP contribution in [0.2, 0.25) is 0 Å². The summed E-state index contributed by atoms with van der Waals surface area (Å²) in [4.78, 5) is 0. The van der Waals surface area contributed by atoms with Crippen molar-refractivity contribution in [1.82, 2.24) is 5.32 Å². The van der Waals surface area contributed by atoms with E-state index in [-0.39, 0.29) is 6.04 Å². The first-order valence-corrected chi connectivity index (χ1v) is 6.13. The van der Waals surface area contributed by atoms with Gasteiger partial charge in [-0.1, -0.05) is 6.42 Å². The van der Waals surface area contributed by atoms with Crippen molar-refractivity contribution >= 4 is 0 Å². The first-order chi connectivity index (χ1) is 7.76. The normalized spacial score (nSPS) is 20.4. The van der Waals surface area contributed by atoms with Crippen LogP contribution < -0.4 is 5.32 Å². The fourth-order valence-corrected chi connectivity index (χ4v) is 2.44. The highest BCUT2D eigenvalue weighted by atomic mass is 16.3. The fourth-order valence-electron chi connectivity index (χ4n) is 2.44. The summed E-state index contributed by atoms with van der Waals surface area (Å²) in [5.41, 5.74) is 0.343. The Hall–Kier alpha value is -0.800. The summed E-state index contributed by atoms with van der Waals surface area (Å²) >= 11 is 0. The maximum Gasteiger partial charge on any atom is 0.120 e. The third-order valence-corrected chi connectivity index (χ3v) is 3.81. The fraction of sp³-hybridized carbons (Fsp3) is 0.692. The number of rotatable bonds is 6. The second-order valence-electron chi connectivity index (χ2n) is 4.95. The van der Waals surface area contributed by atoms with Crippen molar-refractivity contribution in [3.63, 3.8) is 0 Å². The highest BCUT2D eigenvalue weighted by Gasteiger charge is 2.36. The van der Waals surface area contributed by atoms with Crippen LogP contribution in [0.5, 0.6) is 0 Å². The Morgan fingerprint density at radius 2 is 2.38 bits per heavy atom. The van der Waals surface area contributed by atoms with Crippen LogP contribution in [-0.2, 0) is 0 Å². The van der Waals surface area contributed by atoms with Crippen molar-refractivity contribution in [2.45, 2.75) is 38.6 Å². The van der Waals surface area contributed by atoms with Gasteiger partial charge in [-0.3, -0.25) is 0 Å². The Morgan fingerprint density at radius 1 is 1.56 bits per heavy atom. The Kier molecular flexibility index (Phi) is 3.66. The molecule has 1 fully saturated rings. The summed E-state index contributed by atoms with van der Waals surface area (Å²) in [6.45, 7) is 3.40. The second kappa shape index (κ2) is 5.02. The molecule has 2 rings (SSSR count).